The predicted octanol–water partition coefficient (Wildman–Crippen LogP) is 3.16. The molecule has 31 heavy (non-hydrogen) atoms. The summed E-state index contributed by atoms with van der Waals surface area (Å²) in [4.78, 5) is 22.8. The first-order chi connectivity index (χ1) is 14.5. The van der Waals surface area contributed by atoms with Gasteiger partial charge in [-0.3, -0.25) is 9.78 Å². The number of benzene rings is 1. The molecule has 0 atom stereocenters. The summed E-state index contributed by atoms with van der Waals surface area (Å²) in [5.74, 6) is 1.30. The molecular formula is C22H31ClIN5O2. The number of likely N-dealkylation sites (N-methyl/N-ethyl adjacent to an activating group) is 1. The fraction of sp³-hybridized carbons (Fsp3) is 0.409. The molecule has 1 amide bonds. The number of methoxy groups -OCH3 is 1. The molecule has 1 aromatic heterocycles. The molecule has 2 aromatic rings. The number of halogens is 2. The van der Waals surface area contributed by atoms with Crippen LogP contribution in [0.25, 0.3) is 0 Å². The number of carbonyl (C=O) groups excluding carboxylic acids is 1. The van der Waals surface area contributed by atoms with E-state index in [-0.39, 0.29) is 36.4 Å². The highest BCUT2D eigenvalue weighted by Gasteiger charge is 2.09. The quantitative estimate of drug-likeness (QED) is 0.266. The monoisotopic (exact) mass is 559 g/mol. The third-order valence-corrected chi connectivity index (χ3v) is 4.87. The van der Waals surface area contributed by atoms with Gasteiger partial charge in [0.25, 0.3) is 0 Å². The molecule has 0 saturated heterocycles. The van der Waals surface area contributed by atoms with E-state index in [0.29, 0.717) is 37.0 Å². The lowest BCUT2D eigenvalue weighted by atomic mass is 10.1. The van der Waals surface area contributed by atoms with Crippen molar-refractivity contribution < 1.29 is 9.53 Å². The van der Waals surface area contributed by atoms with Gasteiger partial charge in [0.2, 0.25) is 5.91 Å². The van der Waals surface area contributed by atoms with Gasteiger partial charge in [0.15, 0.2) is 5.96 Å². The van der Waals surface area contributed by atoms with E-state index in [9.17, 15) is 4.79 Å². The molecule has 0 fully saturated rings. The molecule has 0 aliphatic rings. The molecular weight excluding hydrogens is 529 g/mol. The Morgan fingerprint density at radius 3 is 2.68 bits per heavy atom. The predicted molar refractivity (Wildman–Crippen MR) is 137 cm³/mol. The molecule has 0 aliphatic carbocycles. The largest absolute Gasteiger partial charge is 0.497 e. The Morgan fingerprint density at radius 2 is 2.03 bits per heavy atom. The van der Waals surface area contributed by atoms with Gasteiger partial charge in [-0.2, -0.15) is 0 Å². The summed E-state index contributed by atoms with van der Waals surface area (Å²) in [5, 5.41) is 7.07. The van der Waals surface area contributed by atoms with Crippen molar-refractivity contribution in [3.63, 3.8) is 0 Å². The fourth-order valence-electron chi connectivity index (χ4n) is 2.74. The minimum absolute atomic E-state index is 0. The molecule has 2 N–H and O–H groups in total. The SMILES string of the molecule is CCNC(=NCC(=O)N(C)CCc1ccccn1)NCCc1ccc(OC)cc1Cl.I. The lowest BCUT2D eigenvalue weighted by molar-refractivity contribution is -0.128. The molecule has 0 bridgehead atoms. The van der Waals surface area contributed by atoms with Gasteiger partial charge in [0.1, 0.15) is 12.3 Å². The van der Waals surface area contributed by atoms with E-state index < -0.39 is 0 Å². The van der Waals surface area contributed by atoms with Crippen LogP contribution in [0.1, 0.15) is 18.2 Å². The van der Waals surface area contributed by atoms with Crippen LogP contribution in [0.3, 0.4) is 0 Å². The fourth-order valence-corrected chi connectivity index (χ4v) is 3.00. The van der Waals surface area contributed by atoms with Crippen molar-refractivity contribution in [1.82, 2.24) is 20.5 Å². The molecule has 1 heterocycles. The average Bonchev–Trinajstić information content (AvgIpc) is 2.77. The zero-order valence-corrected chi connectivity index (χ0v) is 21.3. The number of hydrogen-bond donors (Lipinski definition) is 2. The highest BCUT2D eigenvalue weighted by atomic mass is 127. The van der Waals surface area contributed by atoms with Crippen molar-refractivity contribution in [3.8, 4) is 5.75 Å². The van der Waals surface area contributed by atoms with E-state index in [2.05, 4.69) is 20.6 Å². The molecule has 9 heteroatoms. The standard InChI is InChI=1S/C22H30ClN5O2.HI/c1-4-24-22(26-13-10-17-8-9-19(30-3)15-20(17)23)27-16-21(29)28(2)14-11-18-7-5-6-12-25-18;/h5-9,12,15H,4,10-11,13-14,16H2,1-3H3,(H2,24,26,27);1H. The van der Waals surface area contributed by atoms with Crippen molar-refractivity contribution in [2.45, 2.75) is 19.8 Å². The van der Waals surface area contributed by atoms with Crippen LogP contribution in [0.2, 0.25) is 5.02 Å². The summed E-state index contributed by atoms with van der Waals surface area (Å²) in [7, 11) is 3.40. The number of carbonyl (C=O) groups is 1. The van der Waals surface area contributed by atoms with E-state index in [1.54, 1.807) is 31.3 Å². The Kier molecular flexibility index (Phi) is 12.9. The minimum Gasteiger partial charge on any atom is -0.497 e. The van der Waals surface area contributed by atoms with E-state index in [4.69, 9.17) is 16.3 Å². The van der Waals surface area contributed by atoms with Crippen molar-refractivity contribution in [3.05, 3.63) is 58.9 Å². The third-order valence-electron chi connectivity index (χ3n) is 4.52. The number of aromatic nitrogens is 1. The Balaban J connectivity index is 0.00000480. The van der Waals surface area contributed by atoms with E-state index in [1.165, 1.54) is 0 Å². The number of aliphatic imine (C=N–C) groups is 1. The third kappa shape index (κ3) is 9.73. The van der Waals surface area contributed by atoms with Gasteiger partial charge in [-0.1, -0.05) is 23.7 Å². The normalized spacial score (nSPS) is 10.8. The smallest absolute Gasteiger partial charge is 0.244 e. The van der Waals surface area contributed by atoms with E-state index in [1.807, 2.05) is 37.3 Å². The Hall–Kier alpha value is -2.07. The summed E-state index contributed by atoms with van der Waals surface area (Å²) in [6, 6.07) is 11.4. The first-order valence-electron chi connectivity index (χ1n) is 10.0. The van der Waals surface area contributed by atoms with E-state index >= 15 is 0 Å². The van der Waals surface area contributed by atoms with E-state index in [0.717, 1.165) is 23.4 Å². The second-order valence-electron chi connectivity index (χ2n) is 6.72. The summed E-state index contributed by atoms with van der Waals surface area (Å²) >= 11 is 6.29. The number of guanidine groups is 1. The van der Waals surface area contributed by atoms with Gasteiger partial charge in [-0.05, 0) is 43.2 Å². The molecule has 0 spiro atoms. The van der Waals surface area contributed by atoms with Crippen LogP contribution in [0.5, 0.6) is 5.75 Å². The van der Waals surface area contributed by atoms with Crippen molar-refractivity contribution in [2.24, 2.45) is 4.99 Å². The molecule has 0 unspecified atom stereocenters. The Morgan fingerprint density at radius 1 is 1.23 bits per heavy atom. The van der Waals surface area contributed by atoms with Crippen molar-refractivity contribution >= 4 is 47.4 Å². The molecule has 170 valence electrons. The highest BCUT2D eigenvalue weighted by Crippen LogP contribution is 2.22. The second-order valence-corrected chi connectivity index (χ2v) is 7.12. The van der Waals surface area contributed by atoms with Crippen LogP contribution in [0, 0.1) is 0 Å². The lowest BCUT2D eigenvalue weighted by Gasteiger charge is -2.17. The number of nitrogens with one attached hydrogen (secondary N) is 2. The maximum Gasteiger partial charge on any atom is 0.244 e. The molecule has 1 aromatic carbocycles. The number of ether oxygens (including phenoxy) is 1. The summed E-state index contributed by atoms with van der Waals surface area (Å²) in [5.41, 5.74) is 1.99. The summed E-state index contributed by atoms with van der Waals surface area (Å²) < 4.78 is 5.17. The maximum absolute atomic E-state index is 12.4. The maximum atomic E-state index is 12.4. The van der Waals surface area contributed by atoms with Crippen molar-refractivity contribution in [1.29, 1.82) is 0 Å². The number of amides is 1. The Bertz CT molecular complexity index is 836. The molecule has 0 aliphatic heterocycles. The summed E-state index contributed by atoms with van der Waals surface area (Å²) in [6.45, 7) is 4.02. The van der Waals surface area contributed by atoms with Gasteiger partial charge >= 0.3 is 0 Å². The van der Waals surface area contributed by atoms with Gasteiger partial charge in [-0.25, -0.2) is 4.99 Å². The molecule has 0 saturated carbocycles. The topological polar surface area (TPSA) is 78.9 Å². The number of pyridine rings is 1. The van der Waals surface area contributed by atoms with Crippen LogP contribution >= 0.6 is 35.6 Å². The number of nitrogens with zero attached hydrogens (tertiary/aromatic N) is 3. The van der Waals surface area contributed by atoms with Crippen LogP contribution in [-0.4, -0.2) is 62.1 Å². The second kappa shape index (κ2) is 14.9. The lowest BCUT2D eigenvalue weighted by Crippen LogP contribution is -2.39. The Labute approximate surface area is 206 Å². The zero-order valence-electron chi connectivity index (χ0n) is 18.2. The highest BCUT2D eigenvalue weighted by molar-refractivity contribution is 14.0. The minimum atomic E-state index is -0.0404. The van der Waals surface area contributed by atoms with Gasteiger partial charge in [-0.15, -0.1) is 24.0 Å². The van der Waals surface area contributed by atoms with Gasteiger partial charge in [0.05, 0.1) is 7.11 Å². The number of hydrogen-bond acceptors (Lipinski definition) is 4. The summed E-state index contributed by atoms with van der Waals surface area (Å²) in [6.07, 6.45) is 3.20. The van der Waals surface area contributed by atoms with Crippen LogP contribution in [0.15, 0.2) is 47.6 Å². The average molecular weight is 560 g/mol. The zero-order chi connectivity index (χ0) is 21.8. The van der Waals surface area contributed by atoms with Crippen LogP contribution in [0.4, 0.5) is 0 Å². The van der Waals surface area contributed by atoms with Gasteiger partial charge < -0.3 is 20.3 Å². The van der Waals surface area contributed by atoms with Crippen LogP contribution in [-0.2, 0) is 17.6 Å². The molecule has 0 radical (unpaired) electrons. The van der Waals surface area contributed by atoms with Crippen LogP contribution < -0.4 is 15.4 Å². The molecule has 7 nitrogen and oxygen atoms in total. The number of rotatable bonds is 10. The first-order valence-corrected chi connectivity index (χ1v) is 10.4. The molecule has 2 rings (SSSR count). The van der Waals surface area contributed by atoms with Crippen molar-refractivity contribution in [2.75, 3.05) is 40.3 Å². The van der Waals surface area contributed by atoms with Gasteiger partial charge in [0, 0.05) is 50.0 Å². The first kappa shape index (κ1) is 27.0.